The first-order valence-electron chi connectivity index (χ1n) is 6.86. The van der Waals surface area contributed by atoms with E-state index in [1.54, 1.807) is 0 Å². The maximum Gasteiger partial charge on any atom is 0.0396 e. The standard InChI is InChI=1S/C15H25N3/c1-12-4-5-15(13(2)10-12)18-8-6-17(7-9-18)11-14(3)16/h4-5,10,14H,6-9,11,16H2,1-3H3/t14-/m0/s1. The van der Waals surface area contributed by atoms with Crippen LogP contribution < -0.4 is 10.6 Å². The Morgan fingerprint density at radius 1 is 1.17 bits per heavy atom. The van der Waals surface area contributed by atoms with Gasteiger partial charge in [-0.1, -0.05) is 17.7 Å². The van der Waals surface area contributed by atoms with E-state index in [2.05, 4.69) is 48.8 Å². The maximum atomic E-state index is 5.85. The number of rotatable bonds is 3. The molecule has 1 fully saturated rings. The van der Waals surface area contributed by atoms with E-state index in [0.29, 0.717) is 0 Å². The van der Waals surface area contributed by atoms with Crippen LogP contribution in [0.1, 0.15) is 18.1 Å². The second-order valence-corrected chi connectivity index (χ2v) is 5.55. The Labute approximate surface area is 111 Å². The Morgan fingerprint density at radius 3 is 2.39 bits per heavy atom. The van der Waals surface area contributed by atoms with E-state index in [1.165, 1.54) is 16.8 Å². The molecule has 100 valence electrons. The van der Waals surface area contributed by atoms with Gasteiger partial charge in [0.1, 0.15) is 0 Å². The average Bonchev–Trinajstić information content (AvgIpc) is 2.30. The number of piperazine rings is 1. The summed E-state index contributed by atoms with van der Waals surface area (Å²) in [6.07, 6.45) is 0. The molecule has 1 atom stereocenters. The second kappa shape index (κ2) is 5.72. The van der Waals surface area contributed by atoms with Crippen LogP contribution in [0.5, 0.6) is 0 Å². The quantitative estimate of drug-likeness (QED) is 0.883. The van der Waals surface area contributed by atoms with Crippen LogP contribution in [-0.2, 0) is 0 Å². The summed E-state index contributed by atoms with van der Waals surface area (Å²) < 4.78 is 0. The lowest BCUT2D eigenvalue weighted by atomic mass is 10.1. The van der Waals surface area contributed by atoms with Crippen molar-refractivity contribution >= 4 is 5.69 Å². The Balaban J connectivity index is 1.97. The highest BCUT2D eigenvalue weighted by atomic mass is 15.3. The molecule has 1 heterocycles. The molecule has 0 spiro atoms. The molecular weight excluding hydrogens is 222 g/mol. The number of hydrogen-bond acceptors (Lipinski definition) is 3. The molecule has 2 rings (SSSR count). The molecule has 0 aromatic heterocycles. The van der Waals surface area contributed by atoms with Gasteiger partial charge in [0, 0.05) is 44.5 Å². The molecule has 1 aromatic carbocycles. The molecule has 3 nitrogen and oxygen atoms in total. The van der Waals surface area contributed by atoms with Gasteiger partial charge in [-0.15, -0.1) is 0 Å². The lowest BCUT2D eigenvalue weighted by Gasteiger charge is -2.37. The summed E-state index contributed by atoms with van der Waals surface area (Å²) in [7, 11) is 0. The third-order valence-corrected chi connectivity index (χ3v) is 3.61. The van der Waals surface area contributed by atoms with Gasteiger partial charge in [-0.3, -0.25) is 4.90 Å². The van der Waals surface area contributed by atoms with Gasteiger partial charge >= 0.3 is 0 Å². The van der Waals surface area contributed by atoms with Crippen molar-refractivity contribution in [3.8, 4) is 0 Å². The number of hydrogen-bond donors (Lipinski definition) is 1. The molecule has 2 N–H and O–H groups in total. The van der Waals surface area contributed by atoms with Crippen LogP contribution in [-0.4, -0.2) is 43.7 Å². The van der Waals surface area contributed by atoms with Gasteiger partial charge < -0.3 is 10.6 Å². The van der Waals surface area contributed by atoms with Crippen molar-refractivity contribution in [3.05, 3.63) is 29.3 Å². The number of nitrogens with two attached hydrogens (primary N) is 1. The van der Waals surface area contributed by atoms with Gasteiger partial charge in [0.2, 0.25) is 0 Å². The van der Waals surface area contributed by atoms with E-state index in [0.717, 1.165) is 32.7 Å². The Bertz CT molecular complexity index is 393. The van der Waals surface area contributed by atoms with Crippen LogP contribution >= 0.6 is 0 Å². The molecule has 1 aliphatic rings. The zero-order valence-corrected chi connectivity index (χ0v) is 11.8. The fraction of sp³-hybridized carbons (Fsp3) is 0.600. The summed E-state index contributed by atoms with van der Waals surface area (Å²) in [5.41, 5.74) is 9.97. The molecule has 0 saturated carbocycles. The Morgan fingerprint density at radius 2 is 1.83 bits per heavy atom. The van der Waals surface area contributed by atoms with E-state index in [-0.39, 0.29) is 6.04 Å². The van der Waals surface area contributed by atoms with E-state index >= 15 is 0 Å². The van der Waals surface area contributed by atoms with Crippen LogP contribution in [0, 0.1) is 13.8 Å². The molecule has 1 saturated heterocycles. The SMILES string of the molecule is Cc1ccc(N2CCN(C[C@H](C)N)CC2)c(C)c1. The van der Waals surface area contributed by atoms with Gasteiger partial charge in [0.25, 0.3) is 0 Å². The summed E-state index contributed by atoms with van der Waals surface area (Å²) in [5, 5.41) is 0. The van der Waals surface area contributed by atoms with Crippen LogP contribution in [0.3, 0.4) is 0 Å². The molecule has 3 heteroatoms. The van der Waals surface area contributed by atoms with E-state index in [9.17, 15) is 0 Å². The number of aryl methyl sites for hydroxylation is 2. The first kappa shape index (κ1) is 13.4. The Hall–Kier alpha value is -1.06. The third-order valence-electron chi connectivity index (χ3n) is 3.61. The van der Waals surface area contributed by atoms with Crippen LogP contribution in [0.2, 0.25) is 0 Å². The lowest BCUT2D eigenvalue weighted by molar-refractivity contribution is 0.246. The number of benzene rings is 1. The van der Waals surface area contributed by atoms with E-state index in [1.807, 2.05) is 0 Å². The topological polar surface area (TPSA) is 32.5 Å². The summed E-state index contributed by atoms with van der Waals surface area (Å²) in [6, 6.07) is 7.00. The summed E-state index contributed by atoms with van der Waals surface area (Å²) in [6.45, 7) is 11.9. The fourth-order valence-electron chi connectivity index (χ4n) is 2.74. The molecule has 1 aliphatic heterocycles. The van der Waals surface area contributed by atoms with Crippen molar-refractivity contribution in [2.24, 2.45) is 5.73 Å². The molecular formula is C15H25N3. The first-order valence-corrected chi connectivity index (χ1v) is 6.86. The molecule has 1 aromatic rings. The highest BCUT2D eigenvalue weighted by Crippen LogP contribution is 2.22. The summed E-state index contributed by atoms with van der Waals surface area (Å²) in [4.78, 5) is 4.96. The van der Waals surface area contributed by atoms with E-state index in [4.69, 9.17) is 5.73 Å². The molecule has 0 radical (unpaired) electrons. The fourth-order valence-corrected chi connectivity index (χ4v) is 2.74. The van der Waals surface area contributed by atoms with Crippen molar-refractivity contribution in [3.63, 3.8) is 0 Å². The van der Waals surface area contributed by atoms with Crippen LogP contribution in [0.4, 0.5) is 5.69 Å². The van der Waals surface area contributed by atoms with Gasteiger partial charge in [-0.25, -0.2) is 0 Å². The first-order chi connectivity index (χ1) is 8.56. The smallest absolute Gasteiger partial charge is 0.0396 e. The minimum absolute atomic E-state index is 0.276. The monoisotopic (exact) mass is 247 g/mol. The normalized spacial score (nSPS) is 19.0. The molecule has 0 aliphatic carbocycles. The minimum Gasteiger partial charge on any atom is -0.369 e. The van der Waals surface area contributed by atoms with Crippen LogP contribution in [0.25, 0.3) is 0 Å². The van der Waals surface area contributed by atoms with E-state index < -0.39 is 0 Å². The highest BCUT2D eigenvalue weighted by Gasteiger charge is 2.18. The highest BCUT2D eigenvalue weighted by molar-refractivity contribution is 5.54. The van der Waals surface area contributed by atoms with Crippen molar-refractivity contribution < 1.29 is 0 Å². The van der Waals surface area contributed by atoms with Gasteiger partial charge in [-0.2, -0.15) is 0 Å². The van der Waals surface area contributed by atoms with Gasteiger partial charge in [0.05, 0.1) is 0 Å². The predicted molar refractivity (Wildman–Crippen MR) is 78.2 cm³/mol. The number of nitrogens with zero attached hydrogens (tertiary/aromatic N) is 2. The molecule has 18 heavy (non-hydrogen) atoms. The zero-order valence-electron chi connectivity index (χ0n) is 11.8. The largest absolute Gasteiger partial charge is 0.369 e. The minimum atomic E-state index is 0.276. The number of anilines is 1. The van der Waals surface area contributed by atoms with Crippen molar-refractivity contribution in [2.45, 2.75) is 26.8 Å². The predicted octanol–water partition coefficient (Wildman–Crippen LogP) is 1.77. The Kier molecular flexibility index (Phi) is 4.25. The zero-order chi connectivity index (χ0) is 13.1. The van der Waals surface area contributed by atoms with Crippen molar-refractivity contribution in [1.29, 1.82) is 0 Å². The van der Waals surface area contributed by atoms with Crippen LogP contribution in [0.15, 0.2) is 18.2 Å². The lowest BCUT2D eigenvalue weighted by Crippen LogP contribution is -2.49. The molecule has 0 amide bonds. The van der Waals surface area contributed by atoms with Gasteiger partial charge in [0.15, 0.2) is 0 Å². The third kappa shape index (κ3) is 3.24. The molecule has 0 bridgehead atoms. The second-order valence-electron chi connectivity index (χ2n) is 5.55. The average molecular weight is 247 g/mol. The van der Waals surface area contributed by atoms with Crippen molar-refractivity contribution in [1.82, 2.24) is 4.90 Å². The maximum absolute atomic E-state index is 5.85. The van der Waals surface area contributed by atoms with Crippen molar-refractivity contribution in [2.75, 3.05) is 37.6 Å². The van der Waals surface area contributed by atoms with Gasteiger partial charge in [-0.05, 0) is 32.4 Å². The summed E-state index contributed by atoms with van der Waals surface area (Å²) in [5.74, 6) is 0. The molecule has 0 unspecified atom stereocenters. The summed E-state index contributed by atoms with van der Waals surface area (Å²) >= 11 is 0.